The van der Waals surface area contributed by atoms with Crippen molar-refractivity contribution in [3.63, 3.8) is 0 Å². The summed E-state index contributed by atoms with van der Waals surface area (Å²) < 4.78 is 56.4. The molecular weight excluding hydrogens is 382 g/mol. The van der Waals surface area contributed by atoms with Crippen molar-refractivity contribution in [2.24, 2.45) is 7.05 Å². The first kappa shape index (κ1) is 19.3. The molecule has 0 saturated carbocycles. The van der Waals surface area contributed by atoms with Crippen molar-refractivity contribution >= 4 is 17.6 Å². The van der Waals surface area contributed by atoms with E-state index < -0.39 is 18.8 Å². The van der Waals surface area contributed by atoms with Crippen LogP contribution >= 0.6 is 0 Å². The Bertz CT molecular complexity index is 927. The maximum atomic E-state index is 13.0. The van der Waals surface area contributed by atoms with Crippen LogP contribution in [0.2, 0.25) is 0 Å². The summed E-state index contributed by atoms with van der Waals surface area (Å²) in [6, 6.07) is 5.19. The maximum Gasteiger partial charge on any atom is 0.422 e. The lowest BCUT2D eigenvalue weighted by atomic mass is 10.2. The van der Waals surface area contributed by atoms with Gasteiger partial charge in [0.25, 0.3) is 0 Å². The van der Waals surface area contributed by atoms with Crippen molar-refractivity contribution in [3.8, 4) is 6.01 Å². The molecule has 0 amide bonds. The molecule has 3 rings (SSSR count). The molecule has 1 aromatic carbocycles. The zero-order valence-electron chi connectivity index (χ0n) is 14.5. The second-order valence-electron chi connectivity index (χ2n) is 5.68. The van der Waals surface area contributed by atoms with Crippen molar-refractivity contribution in [2.45, 2.75) is 12.7 Å². The fraction of sp³-hybridized carbons (Fsp3) is 0.250. The van der Waals surface area contributed by atoms with Gasteiger partial charge in [-0.25, -0.2) is 4.39 Å². The summed E-state index contributed by atoms with van der Waals surface area (Å²) in [5, 5.41) is 9.62. The van der Waals surface area contributed by atoms with Crippen molar-refractivity contribution in [2.75, 3.05) is 17.2 Å². The Morgan fingerprint density at radius 3 is 2.43 bits per heavy atom. The van der Waals surface area contributed by atoms with Crippen LogP contribution in [0.25, 0.3) is 0 Å². The molecule has 28 heavy (non-hydrogen) atoms. The average molecular weight is 397 g/mol. The van der Waals surface area contributed by atoms with Crippen LogP contribution in [0.4, 0.5) is 35.1 Å². The highest BCUT2D eigenvalue weighted by Gasteiger charge is 2.29. The van der Waals surface area contributed by atoms with Crippen LogP contribution < -0.4 is 15.4 Å². The molecule has 0 bridgehead atoms. The van der Waals surface area contributed by atoms with Crippen LogP contribution in [0.3, 0.4) is 0 Å². The summed E-state index contributed by atoms with van der Waals surface area (Å²) in [4.78, 5) is 11.7. The van der Waals surface area contributed by atoms with Crippen molar-refractivity contribution in [1.82, 2.24) is 24.7 Å². The van der Waals surface area contributed by atoms with Crippen LogP contribution in [-0.2, 0) is 13.6 Å². The van der Waals surface area contributed by atoms with Gasteiger partial charge in [-0.2, -0.15) is 33.2 Å². The molecule has 12 heteroatoms. The number of nitrogens with one attached hydrogen (secondary N) is 2. The number of aryl methyl sites for hydroxylation is 1. The topological polar surface area (TPSA) is 89.8 Å². The van der Waals surface area contributed by atoms with Gasteiger partial charge in [0.1, 0.15) is 5.82 Å². The molecule has 0 aliphatic carbocycles. The van der Waals surface area contributed by atoms with E-state index in [0.717, 1.165) is 5.56 Å². The zero-order chi connectivity index (χ0) is 20.1. The van der Waals surface area contributed by atoms with Gasteiger partial charge < -0.3 is 15.4 Å². The molecule has 8 nitrogen and oxygen atoms in total. The van der Waals surface area contributed by atoms with Crippen molar-refractivity contribution in [1.29, 1.82) is 0 Å². The number of anilines is 3. The van der Waals surface area contributed by atoms with Gasteiger partial charge in [0.15, 0.2) is 6.61 Å². The SMILES string of the molecule is Cn1cc(Nc2nc(NCc3ccc(F)cc3)nc(OCC(F)(F)F)n2)cn1. The fourth-order valence-corrected chi connectivity index (χ4v) is 2.10. The lowest BCUT2D eigenvalue weighted by molar-refractivity contribution is -0.154. The van der Waals surface area contributed by atoms with Crippen LogP contribution in [-0.4, -0.2) is 37.5 Å². The third kappa shape index (κ3) is 5.79. The minimum Gasteiger partial charge on any atom is -0.454 e. The van der Waals surface area contributed by atoms with Crippen LogP contribution in [0, 0.1) is 5.82 Å². The monoisotopic (exact) mass is 397 g/mol. The lowest BCUT2D eigenvalue weighted by Gasteiger charge is -2.11. The van der Waals surface area contributed by atoms with E-state index in [9.17, 15) is 17.6 Å². The second-order valence-corrected chi connectivity index (χ2v) is 5.68. The highest BCUT2D eigenvalue weighted by molar-refractivity contribution is 5.52. The Hall–Kier alpha value is -3.44. The first-order valence-electron chi connectivity index (χ1n) is 7.96. The van der Waals surface area contributed by atoms with Gasteiger partial charge in [-0.3, -0.25) is 4.68 Å². The Labute approximate surface area is 156 Å². The lowest BCUT2D eigenvalue weighted by Crippen LogP contribution is -2.20. The molecule has 0 saturated heterocycles. The van der Waals surface area contributed by atoms with Gasteiger partial charge in [-0.05, 0) is 17.7 Å². The van der Waals surface area contributed by atoms with E-state index in [1.807, 2.05) is 0 Å². The number of hydrogen-bond acceptors (Lipinski definition) is 7. The number of nitrogens with zero attached hydrogens (tertiary/aromatic N) is 5. The smallest absolute Gasteiger partial charge is 0.422 e. The summed E-state index contributed by atoms with van der Waals surface area (Å²) in [6.07, 6.45) is -1.41. The predicted molar refractivity (Wildman–Crippen MR) is 91.6 cm³/mol. The van der Waals surface area contributed by atoms with Crippen molar-refractivity contribution < 1.29 is 22.3 Å². The highest BCUT2D eigenvalue weighted by atomic mass is 19.4. The minimum absolute atomic E-state index is 0.0112. The number of alkyl halides is 3. The molecule has 0 spiro atoms. The number of benzene rings is 1. The van der Waals surface area contributed by atoms with E-state index in [-0.39, 0.29) is 24.3 Å². The minimum atomic E-state index is -4.54. The van der Waals surface area contributed by atoms with E-state index in [4.69, 9.17) is 0 Å². The first-order valence-corrected chi connectivity index (χ1v) is 7.96. The Morgan fingerprint density at radius 2 is 1.79 bits per heavy atom. The van der Waals surface area contributed by atoms with Gasteiger partial charge >= 0.3 is 12.2 Å². The highest BCUT2D eigenvalue weighted by Crippen LogP contribution is 2.20. The van der Waals surface area contributed by atoms with Crippen molar-refractivity contribution in [3.05, 3.63) is 48.0 Å². The Balaban J connectivity index is 1.77. The number of halogens is 4. The largest absolute Gasteiger partial charge is 0.454 e. The predicted octanol–water partition coefficient (Wildman–Crippen LogP) is 3.04. The quantitative estimate of drug-likeness (QED) is 0.593. The molecule has 0 aliphatic rings. The van der Waals surface area contributed by atoms with E-state index in [1.54, 1.807) is 25.4 Å². The van der Waals surface area contributed by atoms with E-state index >= 15 is 0 Å². The summed E-state index contributed by atoms with van der Waals surface area (Å²) in [6.45, 7) is -1.32. The third-order valence-corrected chi connectivity index (χ3v) is 3.30. The summed E-state index contributed by atoms with van der Waals surface area (Å²) >= 11 is 0. The molecule has 148 valence electrons. The molecule has 2 heterocycles. The number of aromatic nitrogens is 5. The van der Waals surface area contributed by atoms with Gasteiger partial charge in [-0.15, -0.1) is 0 Å². The Kier molecular flexibility index (Phi) is 5.57. The number of rotatable bonds is 7. The second kappa shape index (κ2) is 8.06. The normalized spacial score (nSPS) is 11.3. The van der Waals surface area contributed by atoms with Crippen LogP contribution in [0.5, 0.6) is 6.01 Å². The van der Waals surface area contributed by atoms with Gasteiger partial charge in [-0.1, -0.05) is 12.1 Å². The van der Waals surface area contributed by atoms with Crippen LogP contribution in [0.15, 0.2) is 36.7 Å². The Morgan fingerprint density at radius 1 is 1.07 bits per heavy atom. The molecule has 0 radical (unpaired) electrons. The molecule has 2 N–H and O–H groups in total. The number of ether oxygens (including phenoxy) is 1. The molecule has 0 atom stereocenters. The molecule has 3 aromatic rings. The standard InChI is InChI=1S/C16H15F4N7O/c1-27-8-12(7-22-27)23-14-24-13(21-6-10-2-4-11(17)5-3-10)25-15(26-14)28-9-16(18,19)20/h2-5,7-8H,6,9H2,1H3,(H2,21,23,24,25,26). The number of hydrogen-bond donors (Lipinski definition) is 2. The zero-order valence-corrected chi connectivity index (χ0v) is 14.5. The van der Waals surface area contributed by atoms with Crippen LogP contribution in [0.1, 0.15) is 5.56 Å². The molecule has 0 fully saturated rings. The third-order valence-electron chi connectivity index (χ3n) is 3.30. The summed E-state index contributed by atoms with van der Waals surface area (Å²) in [5.41, 5.74) is 1.25. The summed E-state index contributed by atoms with van der Waals surface area (Å²) in [5.74, 6) is -0.417. The molecule has 0 unspecified atom stereocenters. The van der Waals surface area contributed by atoms with E-state index in [0.29, 0.717) is 5.69 Å². The maximum absolute atomic E-state index is 13.0. The van der Waals surface area contributed by atoms with Gasteiger partial charge in [0, 0.05) is 19.8 Å². The van der Waals surface area contributed by atoms with E-state index in [2.05, 4.69) is 35.4 Å². The fourth-order valence-electron chi connectivity index (χ4n) is 2.10. The molecule has 0 aliphatic heterocycles. The molecular formula is C16H15F4N7O. The average Bonchev–Trinajstić information content (AvgIpc) is 3.03. The van der Waals surface area contributed by atoms with Gasteiger partial charge in [0.05, 0.1) is 11.9 Å². The van der Waals surface area contributed by atoms with Gasteiger partial charge in [0.2, 0.25) is 11.9 Å². The van der Waals surface area contributed by atoms with E-state index in [1.165, 1.54) is 23.0 Å². The molecule has 2 aromatic heterocycles. The summed E-state index contributed by atoms with van der Waals surface area (Å²) in [7, 11) is 1.70. The first-order chi connectivity index (χ1) is 13.3.